The van der Waals surface area contributed by atoms with Gasteiger partial charge >= 0.3 is 0 Å². The van der Waals surface area contributed by atoms with Crippen molar-refractivity contribution in [3.05, 3.63) is 17.7 Å². The van der Waals surface area contributed by atoms with Crippen LogP contribution in [0.1, 0.15) is 31.8 Å². The second-order valence-electron chi connectivity index (χ2n) is 3.77. The number of hydrogen-bond donors (Lipinski definition) is 0. The maximum Gasteiger partial charge on any atom is 0.108 e. The molecule has 1 aliphatic heterocycles. The van der Waals surface area contributed by atoms with E-state index in [-0.39, 0.29) is 0 Å². The van der Waals surface area contributed by atoms with Crippen molar-refractivity contribution in [3.8, 4) is 0 Å². The highest BCUT2D eigenvalue weighted by Gasteiger charge is 2.16. The van der Waals surface area contributed by atoms with Crippen LogP contribution in [0.3, 0.4) is 0 Å². The van der Waals surface area contributed by atoms with Crippen LogP contribution >= 0.6 is 0 Å². The molecule has 0 bridgehead atoms. The molecule has 0 radical (unpaired) electrons. The van der Waals surface area contributed by atoms with Crippen molar-refractivity contribution < 1.29 is 0 Å². The van der Waals surface area contributed by atoms with E-state index >= 15 is 0 Å². The van der Waals surface area contributed by atoms with Gasteiger partial charge < -0.3 is 4.57 Å². The quantitative estimate of drug-likeness (QED) is 0.621. The largest absolute Gasteiger partial charge is 0.332 e. The summed E-state index contributed by atoms with van der Waals surface area (Å²) in [7, 11) is 0. The molecule has 0 spiro atoms. The zero-order chi connectivity index (χ0) is 8.55. The number of aryl methyl sites for hydroxylation is 2. The molecule has 2 heteroatoms. The third-order valence-electron chi connectivity index (χ3n) is 2.72. The summed E-state index contributed by atoms with van der Waals surface area (Å²) in [5.74, 6) is 2.09. The Morgan fingerprint density at radius 3 is 3.25 bits per heavy atom. The van der Waals surface area contributed by atoms with Crippen molar-refractivity contribution in [2.45, 2.75) is 39.7 Å². The summed E-state index contributed by atoms with van der Waals surface area (Å²) >= 11 is 0. The van der Waals surface area contributed by atoms with E-state index in [0.29, 0.717) is 0 Å². The molecule has 1 aromatic rings. The normalized spacial score (nSPS) is 22.3. The van der Waals surface area contributed by atoms with Crippen LogP contribution in [0, 0.1) is 5.92 Å². The van der Waals surface area contributed by atoms with Gasteiger partial charge in [0.25, 0.3) is 0 Å². The number of imidazole rings is 1. The summed E-state index contributed by atoms with van der Waals surface area (Å²) in [6.45, 7) is 5.68. The average molecular weight is 164 g/mol. The van der Waals surface area contributed by atoms with Crippen LogP contribution in [0.25, 0.3) is 0 Å². The van der Waals surface area contributed by atoms with Gasteiger partial charge in [0.05, 0.1) is 0 Å². The van der Waals surface area contributed by atoms with E-state index in [2.05, 4.69) is 23.4 Å². The zero-order valence-electron chi connectivity index (χ0n) is 7.88. The van der Waals surface area contributed by atoms with Gasteiger partial charge in [-0.2, -0.15) is 0 Å². The third-order valence-corrected chi connectivity index (χ3v) is 2.72. The lowest BCUT2D eigenvalue weighted by Gasteiger charge is -2.21. The molecule has 0 fully saturated rings. The van der Waals surface area contributed by atoms with E-state index < -0.39 is 0 Å². The van der Waals surface area contributed by atoms with Crippen molar-refractivity contribution in [1.29, 1.82) is 0 Å². The molecule has 0 saturated heterocycles. The lowest BCUT2D eigenvalue weighted by atomic mass is 10.0. The van der Waals surface area contributed by atoms with Gasteiger partial charge in [0.2, 0.25) is 0 Å². The monoisotopic (exact) mass is 164 g/mol. The third kappa shape index (κ3) is 1.15. The van der Waals surface area contributed by atoms with Crippen LogP contribution < -0.4 is 0 Å². The first-order valence-electron chi connectivity index (χ1n) is 4.84. The molecule has 2 heterocycles. The Morgan fingerprint density at radius 2 is 2.50 bits per heavy atom. The highest BCUT2D eigenvalue weighted by molar-refractivity contribution is 5.08. The fraction of sp³-hybridized carbons (Fsp3) is 0.700. The highest BCUT2D eigenvalue weighted by Crippen LogP contribution is 2.20. The summed E-state index contributed by atoms with van der Waals surface area (Å²) in [4.78, 5) is 4.41. The summed E-state index contributed by atoms with van der Waals surface area (Å²) in [6.07, 6.45) is 5.65. The molecule has 1 atom stereocenters. The topological polar surface area (TPSA) is 17.8 Å². The number of hydrogen-bond acceptors (Lipinski definition) is 1. The predicted molar refractivity (Wildman–Crippen MR) is 49.1 cm³/mol. The lowest BCUT2D eigenvalue weighted by Crippen LogP contribution is -2.19. The van der Waals surface area contributed by atoms with E-state index in [0.717, 1.165) is 12.3 Å². The van der Waals surface area contributed by atoms with E-state index in [4.69, 9.17) is 0 Å². The van der Waals surface area contributed by atoms with Crippen molar-refractivity contribution in [2.75, 3.05) is 0 Å². The Balaban J connectivity index is 2.34. The van der Waals surface area contributed by atoms with E-state index in [1.165, 1.54) is 30.9 Å². The number of nitrogens with zero attached hydrogens (tertiary/aromatic N) is 2. The first kappa shape index (κ1) is 7.84. The second-order valence-corrected chi connectivity index (χ2v) is 3.77. The van der Waals surface area contributed by atoms with Gasteiger partial charge in [-0.3, -0.25) is 0 Å². The van der Waals surface area contributed by atoms with Gasteiger partial charge in [0, 0.05) is 24.9 Å². The highest BCUT2D eigenvalue weighted by atomic mass is 15.1. The standard InChI is InChI=1S/C10H16N2/c1-3-10-11-6-9-5-4-8(2)7-12(9)10/h6,8H,3-5,7H2,1-2H3. The summed E-state index contributed by atoms with van der Waals surface area (Å²) in [6, 6.07) is 0. The van der Waals surface area contributed by atoms with Crippen LogP contribution in [-0.2, 0) is 19.4 Å². The second kappa shape index (κ2) is 2.92. The van der Waals surface area contributed by atoms with Crippen molar-refractivity contribution >= 4 is 0 Å². The van der Waals surface area contributed by atoms with Gasteiger partial charge in [0.15, 0.2) is 0 Å². The van der Waals surface area contributed by atoms with E-state index in [1.807, 2.05) is 6.20 Å². The van der Waals surface area contributed by atoms with Crippen molar-refractivity contribution in [2.24, 2.45) is 5.92 Å². The molecule has 1 unspecified atom stereocenters. The van der Waals surface area contributed by atoms with Crippen LogP contribution in [-0.4, -0.2) is 9.55 Å². The molecule has 0 amide bonds. The maximum atomic E-state index is 4.41. The summed E-state index contributed by atoms with van der Waals surface area (Å²) < 4.78 is 2.40. The van der Waals surface area contributed by atoms with E-state index in [9.17, 15) is 0 Å². The lowest BCUT2D eigenvalue weighted by molar-refractivity contribution is 0.391. The SMILES string of the molecule is CCc1ncc2n1CC(C)CC2. The Morgan fingerprint density at radius 1 is 1.67 bits per heavy atom. The van der Waals surface area contributed by atoms with Gasteiger partial charge in [-0.25, -0.2) is 4.98 Å². The molecule has 1 aliphatic rings. The summed E-state index contributed by atoms with van der Waals surface area (Å²) in [5, 5.41) is 0. The van der Waals surface area contributed by atoms with Crippen LogP contribution in [0.5, 0.6) is 0 Å². The predicted octanol–water partition coefficient (Wildman–Crippen LogP) is 2.03. The molecule has 2 rings (SSSR count). The molecular formula is C10H16N2. The smallest absolute Gasteiger partial charge is 0.108 e. The molecular weight excluding hydrogens is 148 g/mol. The average Bonchev–Trinajstić information content (AvgIpc) is 2.46. The Bertz CT molecular complexity index is 262. The Hall–Kier alpha value is -0.790. The van der Waals surface area contributed by atoms with Crippen molar-refractivity contribution in [3.63, 3.8) is 0 Å². The molecule has 12 heavy (non-hydrogen) atoms. The van der Waals surface area contributed by atoms with Crippen molar-refractivity contribution in [1.82, 2.24) is 9.55 Å². The van der Waals surface area contributed by atoms with Crippen LogP contribution in [0.15, 0.2) is 6.20 Å². The first-order valence-corrected chi connectivity index (χ1v) is 4.84. The molecule has 1 aromatic heterocycles. The van der Waals surface area contributed by atoms with Gasteiger partial charge in [0.1, 0.15) is 5.82 Å². The van der Waals surface area contributed by atoms with Crippen LogP contribution in [0.4, 0.5) is 0 Å². The minimum Gasteiger partial charge on any atom is -0.332 e. The molecule has 0 saturated carbocycles. The Kier molecular flexibility index (Phi) is 1.91. The molecule has 0 aromatic carbocycles. The molecule has 0 aliphatic carbocycles. The fourth-order valence-corrected chi connectivity index (χ4v) is 1.96. The number of aromatic nitrogens is 2. The number of rotatable bonds is 1. The molecule has 2 nitrogen and oxygen atoms in total. The zero-order valence-corrected chi connectivity index (χ0v) is 7.88. The van der Waals surface area contributed by atoms with Gasteiger partial charge in [-0.15, -0.1) is 0 Å². The number of fused-ring (bicyclic) bond motifs is 1. The van der Waals surface area contributed by atoms with Crippen LogP contribution in [0.2, 0.25) is 0 Å². The minimum absolute atomic E-state index is 0.831. The maximum absolute atomic E-state index is 4.41. The Labute approximate surface area is 73.6 Å². The summed E-state index contributed by atoms with van der Waals surface area (Å²) in [5.41, 5.74) is 1.44. The van der Waals surface area contributed by atoms with E-state index in [1.54, 1.807) is 0 Å². The molecule has 0 N–H and O–H groups in total. The van der Waals surface area contributed by atoms with Gasteiger partial charge in [-0.05, 0) is 18.8 Å². The molecule has 66 valence electrons. The first-order chi connectivity index (χ1) is 5.81. The minimum atomic E-state index is 0.831. The fourth-order valence-electron chi connectivity index (χ4n) is 1.96. The van der Waals surface area contributed by atoms with Gasteiger partial charge in [-0.1, -0.05) is 13.8 Å².